The Bertz CT molecular complexity index is 510. The summed E-state index contributed by atoms with van der Waals surface area (Å²) in [4.78, 5) is 9.65. The van der Waals surface area contributed by atoms with E-state index in [1.165, 1.54) is 17.4 Å². The second-order valence-electron chi connectivity index (χ2n) is 3.61. The van der Waals surface area contributed by atoms with Crippen LogP contribution in [0.2, 0.25) is 0 Å². The third-order valence-electron chi connectivity index (χ3n) is 2.41. The summed E-state index contributed by atoms with van der Waals surface area (Å²) in [6.07, 6.45) is 2.44. The van der Waals surface area contributed by atoms with Gasteiger partial charge in [-0.25, -0.2) is 9.37 Å². The monoisotopic (exact) mass is 251 g/mol. The SMILES string of the molecule is CCc1nc(-c2ncccc2F)sc1CNC. The van der Waals surface area contributed by atoms with Crippen LogP contribution in [0.3, 0.4) is 0 Å². The summed E-state index contributed by atoms with van der Waals surface area (Å²) in [6.45, 7) is 2.81. The fourth-order valence-electron chi connectivity index (χ4n) is 1.60. The van der Waals surface area contributed by atoms with E-state index in [1.54, 1.807) is 12.3 Å². The average Bonchev–Trinajstić information content (AvgIpc) is 2.73. The van der Waals surface area contributed by atoms with Crippen LogP contribution in [0, 0.1) is 5.82 Å². The van der Waals surface area contributed by atoms with E-state index in [0.29, 0.717) is 10.7 Å². The zero-order chi connectivity index (χ0) is 12.3. The van der Waals surface area contributed by atoms with Gasteiger partial charge >= 0.3 is 0 Å². The summed E-state index contributed by atoms with van der Waals surface area (Å²) in [7, 11) is 1.89. The van der Waals surface area contributed by atoms with Gasteiger partial charge in [-0.2, -0.15) is 0 Å². The molecular weight excluding hydrogens is 237 g/mol. The van der Waals surface area contributed by atoms with Gasteiger partial charge in [0.05, 0.1) is 5.69 Å². The van der Waals surface area contributed by atoms with Crippen molar-refractivity contribution in [3.63, 3.8) is 0 Å². The van der Waals surface area contributed by atoms with Crippen LogP contribution in [0.1, 0.15) is 17.5 Å². The van der Waals surface area contributed by atoms with Crippen LogP contribution in [-0.2, 0) is 13.0 Å². The molecule has 5 heteroatoms. The van der Waals surface area contributed by atoms with Crippen LogP contribution >= 0.6 is 11.3 Å². The highest BCUT2D eigenvalue weighted by Gasteiger charge is 2.14. The predicted molar refractivity (Wildman–Crippen MR) is 67.4 cm³/mol. The van der Waals surface area contributed by atoms with E-state index in [9.17, 15) is 4.39 Å². The van der Waals surface area contributed by atoms with Crippen molar-refractivity contribution in [3.05, 3.63) is 34.7 Å². The highest BCUT2D eigenvalue weighted by molar-refractivity contribution is 7.15. The summed E-state index contributed by atoms with van der Waals surface area (Å²) in [5.41, 5.74) is 1.36. The minimum Gasteiger partial charge on any atom is -0.315 e. The lowest BCUT2D eigenvalue weighted by Crippen LogP contribution is -2.05. The quantitative estimate of drug-likeness (QED) is 0.907. The van der Waals surface area contributed by atoms with E-state index in [-0.39, 0.29) is 5.82 Å². The number of aromatic nitrogens is 2. The maximum absolute atomic E-state index is 13.6. The number of aryl methyl sites for hydroxylation is 1. The fraction of sp³-hybridized carbons (Fsp3) is 0.333. The van der Waals surface area contributed by atoms with Crippen LogP contribution in [0.25, 0.3) is 10.7 Å². The molecule has 0 atom stereocenters. The number of hydrogen-bond acceptors (Lipinski definition) is 4. The molecule has 2 aromatic heterocycles. The number of halogens is 1. The number of hydrogen-bond donors (Lipinski definition) is 1. The van der Waals surface area contributed by atoms with Crippen molar-refractivity contribution in [3.8, 4) is 10.7 Å². The average molecular weight is 251 g/mol. The molecule has 17 heavy (non-hydrogen) atoms. The summed E-state index contributed by atoms with van der Waals surface area (Å²) >= 11 is 1.50. The summed E-state index contributed by atoms with van der Waals surface area (Å²) in [5.74, 6) is -0.320. The largest absolute Gasteiger partial charge is 0.315 e. The third kappa shape index (κ3) is 2.50. The third-order valence-corrected chi connectivity index (χ3v) is 3.52. The van der Waals surface area contributed by atoms with Crippen molar-refractivity contribution in [2.45, 2.75) is 19.9 Å². The molecule has 0 unspecified atom stereocenters. The predicted octanol–water partition coefficient (Wildman–Crippen LogP) is 2.63. The van der Waals surface area contributed by atoms with Gasteiger partial charge in [-0.05, 0) is 25.6 Å². The first-order chi connectivity index (χ1) is 8.26. The zero-order valence-corrected chi connectivity index (χ0v) is 10.6. The Balaban J connectivity index is 2.43. The molecule has 3 nitrogen and oxygen atoms in total. The molecule has 0 fully saturated rings. The topological polar surface area (TPSA) is 37.8 Å². The molecule has 0 aromatic carbocycles. The molecule has 0 aliphatic carbocycles. The molecule has 1 N–H and O–H groups in total. The van der Waals surface area contributed by atoms with Gasteiger partial charge < -0.3 is 5.32 Å². The van der Waals surface area contributed by atoms with Crippen LogP contribution < -0.4 is 5.32 Å². The summed E-state index contributed by atoms with van der Waals surface area (Å²) < 4.78 is 13.6. The van der Waals surface area contributed by atoms with Crippen molar-refractivity contribution in [2.24, 2.45) is 0 Å². The van der Waals surface area contributed by atoms with E-state index in [0.717, 1.165) is 23.5 Å². The molecule has 90 valence electrons. The van der Waals surface area contributed by atoms with E-state index in [4.69, 9.17) is 0 Å². The Morgan fingerprint density at radius 2 is 2.29 bits per heavy atom. The van der Waals surface area contributed by atoms with Crippen molar-refractivity contribution in [1.82, 2.24) is 15.3 Å². The van der Waals surface area contributed by atoms with Crippen molar-refractivity contribution >= 4 is 11.3 Å². The molecule has 2 aromatic rings. The van der Waals surface area contributed by atoms with Gasteiger partial charge in [-0.3, -0.25) is 4.98 Å². The van der Waals surface area contributed by atoms with Crippen LogP contribution in [0.5, 0.6) is 0 Å². The zero-order valence-electron chi connectivity index (χ0n) is 9.83. The Morgan fingerprint density at radius 1 is 1.47 bits per heavy atom. The van der Waals surface area contributed by atoms with E-state index in [2.05, 4.69) is 15.3 Å². The van der Waals surface area contributed by atoms with E-state index >= 15 is 0 Å². The van der Waals surface area contributed by atoms with Crippen molar-refractivity contribution in [1.29, 1.82) is 0 Å². The number of nitrogens with zero attached hydrogens (tertiary/aromatic N) is 2. The highest BCUT2D eigenvalue weighted by Crippen LogP contribution is 2.28. The lowest BCUT2D eigenvalue weighted by atomic mass is 10.3. The molecule has 0 amide bonds. The normalized spacial score (nSPS) is 10.8. The van der Waals surface area contributed by atoms with E-state index in [1.807, 2.05) is 14.0 Å². The van der Waals surface area contributed by atoms with Crippen molar-refractivity contribution in [2.75, 3.05) is 7.05 Å². The van der Waals surface area contributed by atoms with E-state index < -0.39 is 0 Å². The first-order valence-electron chi connectivity index (χ1n) is 5.50. The van der Waals surface area contributed by atoms with Crippen LogP contribution in [-0.4, -0.2) is 17.0 Å². The minimum absolute atomic E-state index is 0.320. The van der Waals surface area contributed by atoms with Crippen LogP contribution in [0.15, 0.2) is 18.3 Å². The van der Waals surface area contributed by atoms with Gasteiger partial charge in [-0.15, -0.1) is 11.3 Å². The standard InChI is InChI=1S/C12H14FN3S/c1-3-9-10(7-14-2)17-12(16-9)11-8(13)5-4-6-15-11/h4-6,14H,3,7H2,1-2H3. The molecule has 2 rings (SSSR count). The van der Waals surface area contributed by atoms with Gasteiger partial charge in [0.2, 0.25) is 0 Å². The van der Waals surface area contributed by atoms with Gasteiger partial charge in [0.15, 0.2) is 5.82 Å². The highest BCUT2D eigenvalue weighted by atomic mass is 32.1. The first kappa shape index (κ1) is 12.1. The molecule has 0 bridgehead atoms. The first-order valence-corrected chi connectivity index (χ1v) is 6.32. The Morgan fingerprint density at radius 3 is 2.94 bits per heavy atom. The molecule has 0 saturated heterocycles. The summed E-state index contributed by atoms with van der Waals surface area (Å²) in [6, 6.07) is 2.99. The smallest absolute Gasteiger partial charge is 0.151 e. The number of rotatable bonds is 4. The number of nitrogens with one attached hydrogen (secondary N) is 1. The minimum atomic E-state index is -0.320. The van der Waals surface area contributed by atoms with Gasteiger partial charge in [0.25, 0.3) is 0 Å². The lowest BCUT2D eigenvalue weighted by Gasteiger charge is -1.96. The Kier molecular flexibility index (Phi) is 3.81. The maximum Gasteiger partial charge on any atom is 0.151 e. The molecule has 0 spiro atoms. The molecule has 0 saturated carbocycles. The second kappa shape index (κ2) is 5.33. The van der Waals surface area contributed by atoms with Gasteiger partial charge in [-0.1, -0.05) is 6.92 Å². The lowest BCUT2D eigenvalue weighted by molar-refractivity contribution is 0.625. The molecule has 0 radical (unpaired) electrons. The maximum atomic E-state index is 13.6. The Hall–Kier alpha value is -1.33. The molecule has 2 heterocycles. The summed E-state index contributed by atoms with van der Waals surface area (Å²) in [5, 5.41) is 3.75. The van der Waals surface area contributed by atoms with Gasteiger partial charge in [0.1, 0.15) is 10.7 Å². The van der Waals surface area contributed by atoms with Crippen molar-refractivity contribution < 1.29 is 4.39 Å². The van der Waals surface area contributed by atoms with Gasteiger partial charge in [0, 0.05) is 17.6 Å². The number of pyridine rings is 1. The molecular formula is C12H14FN3S. The number of thiazole rings is 1. The molecule has 0 aliphatic heterocycles. The fourth-order valence-corrected chi connectivity index (χ4v) is 2.76. The molecule has 0 aliphatic rings. The second-order valence-corrected chi connectivity index (χ2v) is 4.69. The Labute approximate surface area is 104 Å². The van der Waals surface area contributed by atoms with Crippen LogP contribution in [0.4, 0.5) is 4.39 Å².